The Kier molecular flexibility index (Phi) is 5.84. The van der Waals surface area contributed by atoms with Gasteiger partial charge in [-0.05, 0) is 30.9 Å². The van der Waals surface area contributed by atoms with Crippen LogP contribution in [0.15, 0.2) is 41.5 Å². The van der Waals surface area contributed by atoms with Crippen LogP contribution >= 0.6 is 34.8 Å². The van der Waals surface area contributed by atoms with Crippen molar-refractivity contribution in [2.24, 2.45) is 5.10 Å². The number of fused-ring (bicyclic) bond motifs is 1. The van der Waals surface area contributed by atoms with E-state index < -0.39 is 0 Å². The lowest BCUT2D eigenvalue weighted by Crippen LogP contribution is -2.27. The first-order valence-electron chi connectivity index (χ1n) is 7.75. The standard InChI is InChI=1S/C18H15Cl3N2O2/c19-13-8-15(21)17(9-14(13)20)25-10-18(24)23-22-16-7-3-5-11-4-1-2-6-12(11)16/h1-2,4,6,8-9H,3,5,7,10H2,(H,23,24)/b22-16-. The van der Waals surface area contributed by atoms with Crippen LogP contribution in [-0.4, -0.2) is 18.2 Å². The topological polar surface area (TPSA) is 50.7 Å². The van der Waals surface area contributed by atoms with Crippen molar-refractivity contribution in [2.75, 3.05) is 6.61 Å². The van der Waals surface area contributed by atoms with Crippen molar-refractivity contribution in [1.29, 1.82) is 0 Å². The Bertz CT molecular complexity index is 837. The summed E-state index contributed by atoms with van der Waals surface area (Å²) in [6.07, 6.45) is 2.87. The van der Waals surface area contributed by atoms with Gasteiger partial charge >= 0.3 is 0 Å². The fourth-order valence-corrected chi connectivity index (χ4v) is 3.23. The van der Waals surface area contributed by atoms with Crippen LogP contribution in [0.2, 0.25) is 15.1 Å². The summed E-state index contributed by atoms with van der Waals surface area (Å²) >= 11 is 17.8. The maximum absolute atomic E-state index is 12.0. The summed E-state index contributed by atoms with van der Waals surface area (Å²) in [5.41, 5.74) is 5.74. The molecule has 130 valence electrons. The molecule has 0 saturated heterocycles. The van der Waals surface area contributed by atoms with Gasteiger partial charge in [-0.1, -0.05) is 59.1 Å². The van der Waals surface area contributed by atoms with E-state index in [0.717, 1.165) is 30.5 Å². The van der Waals surface area contributed by atoms with Crippen LogP contribution < -0.4 is 10.2 Å². The highest BCUT2D eigenvalue weighted by Crippen LogP contribution is 2.33. The number of amides is 1. The van der Waals surface area contributed by atoms with Gasteiger partial charge in [0.2, 0.25) is 0 Å². The molecular weight excluding hydrogens is 383 g/mol. The Morgan fingerprint density at radius 2 is 1.84 bits per heavy atom. The molecule has 3 rings (SSSR count). The quantitative estimate of drug-likeness (QED) is 0.590. The molecular formula is C18H15Cl3N2O2. The summed E-state index contributed by atoms with van der Waals surface area (Å²) in [5, 5.41) is 5.17. The summed E-state index contributed by atoms with van der Waals surface area (Å²) in [6, 6.07) is 11.0. The molecule has 1 aliphatic carbocycles. The number of ether oxygens (including phenoxy) is 1. The number of carbonyl (C=O) groups is 1. The number of nitrogens with zero attached hydrogens (tertiary/aromatic N) is 1. The number of rotatable bonds is 4. The minimum absolute atomic E-state index is 0.226. The van der Waals surface area contributed by atoms with Gasteiger partial charge in [-0.3, -0.25) is 4.79 Å². The molecule has 0 aromatic heterocycles. The SMILES string of the molecule is O=C(COc1cc(Cl)c(Cl)cc1Cl)N/N=C1/CCCc2ccccc21. The fourth-order valence-electron chi connectivity index (χ4n) is 2.64. The molecule has 1 amide bonds. The summed E-state index contributed by atoms with van der Waals surface area (Å²) in [4.78, 5) is 12.0. The second-order valence-electron chi connectivity index (χ2n) is 5.59. The summed E-state index contributed by atoms with van der Waals surface area (Å²) in [5.74, 6) is -0.0837. The molecule has 0 atom stereocenters. The number of aryl methyl sites for hydroxylation is 1. The third-order valence-electron chi connectivity index (χ3n) is 3.84. The predicted molar refractivity (Wildman–Crippen MR) is 101 cm³/mol. The molecule has 2 aromatic carbocycles. The first-order chi connectivity index (χ1) is 12.0. The number of hydrogen-bond donors (Lipinski definition) is 1. The van der Waals surface area contributed by atoms with Gasteiger partial charge in [0.15, 0.2) is 6.61 Å². The van der Waals surface area contributed by atoms with Gasteiger partial charge in [0.25, 0.3) is 5.91 Å². The van der Waals surface area contributed by atoms with Gasteiger partial charge in [0.05, 0.1) is 20.8 Å². The fraction of sp³-hybridized carbons (Fsp3) is 0.222. The van der Waals surface area contributed by atoms with E-state index in [1.807, 2.05) is 18.2 Å². The minimum atomic E-state index is -0.377. The van der Waals surface area contributed by atoms with Crippen molar-refractivity contribution < 1.29 is 9.53 Å². The molecule has 0 bridgehead atoms. The largest absolute Gasteiger partial charge is 0.482 e. The van der Waals surface area contributed by atoms with E-state index in [1.165, 1.54) is 17.7 Å². The Hall–Kier alpha value is -1.75. The van der Waals surface area contributed by atoms with E-state index in [0.29, 0.717) is 15.8 Å². The summed E-state index contributed by atoms with van der Waals surface area (Å²) < 4.78 is 5.39. The van der Waals surface area contributed by atoms with Crippen molar-refractivity contribution in [2.45, 2.75) is 19.3 Å². The molecule has 0 radical (unpaired) electrons. The molecule has 4 nitrogen and oxygen atoms in total. The van der Waals surface area contributed by atoms with E-state index in [-0.39, 0.29) is 17.5 Å². The highest BCUT2D eigenvalue weighted by atomic mass is 35.5. The van der Waals surface area contributed by atoms with Crippen LogP contribution in [0, 0.1) is 0 Å². The Morgan fingerprint density at radius 1 is 1.08 bits per heavy atom. The monoisotopic (exact) mass is 396 g/mol. The second kappa shape index (κ2) is 8.09. The zero-order valence-corrected chi connectivity index (χ0v) is 15.5. The highest BCUT2D eigenvalue weighted by molar-refractivity contribution is 6.43. The lowest BCUT2D eigenvalue weighted by Gasteiger charge is -2.17. The van der Waals surface area contributed by atoms with Gasteiger partial charge in [0.1, 0.15) is 5.75 Å². The Balaban J connectivity index is 1.62. The Labute approximate surface area is 160 Å². The number of hydrogen-bond acceptors (Lipinski definition) is 3. The van der Waals surface area contributed by atoms with Crippen molar-refractivity contribution in [1.82, 2.24) is 5.43 Å². The van der Waals surface area contributed by atoms with Gasteiger partial charge < -0.3 is 4.74 Å². The molecule has 0 aliphatic heterocycles. The highest BCUT2D eigenvalue weighted by Gasteiger charge is 2.15. The van der Waals surface area contributed by atoms with Crippen LogP contribution in [0.25, 0.3) is 0 Å². The molecule has 7 heteroatoms. The third-order valence-corrected chi connectivity index (χ3v) is 4.85. The van der Waals surface area contributed by atoms with E-state index in [1.54, 1.807) is 0 Å². The molecule has 25 heavy (non-hydrogen) atoms. The smallest absolute Gasteiger partial charge is 0.277 e. The first-order valence-corrected chi connectivity index (χ1v) is 8.89. The van der Waals surface area contributed by atoms with E-state index in [2.05, 4.69) is 16.6 Å². The number of hydrazone groups is 1. The Morgan fingerprint density at radius 3 is 2.68 bits per heavy atom. The van der Waals surface area contributed by atoms with E-state index in [4.69, 9.17) is 39.5 Å². The minimum Gasteiger partial charge on any atom is -0.482 e. The molecule has 0 fully saturated rings. The maximum Gasteiger partial charge on any atom is 0.277 e. The summed E-state index contributed by atoms with van der Waals surface area (Å²) in [7, 11) is 0. The molecule has 0 heterocycles. The number of halogens is 3. The zero-order chi connectivity index (χ0) is 17.8. The third kappa shape index (κ3) is 4.46. The average Bonchev–Trinajstić information content (AvgIpc) is 2.61. The number of benzene rings is 2. The number of carbonyl (C=O) groups excluding carboxylic acids is 1. The molecule has 1 N–H and O–H groups in total. The molecule has 2 aromatic rings. The lowest BCUT2D eigenvalue weighted by molar-refractivity contribution is -0.123. The average molecular weight is 398 g/mol. The second-order valence-corrected chi connectivity index (χ2v) is 6.81. The molecule has 0 unspecified atom stereocenters. The summed E-state index contributed by atoms with van der Waals surface area (Å²) in [6.45, 7) is -0.226. The van der Waals surface area contributed by atoms with E-state index in [9.17, 15) is 4.79 Å². The molecule has 1 aliphatic rings. The van der Waals surface area contributed by atoms with Crippen molar-refractivity contribution in [3.05, 3.63) is 62.6 Å². The van der Waals surface area contributed by atoms with Crippen molar-refractivity contribution in [3.63, 3.8) is 0 Å². The molecule has 0 spiro atoms. The van der Waals surface area contributed by atoms with Crippen molar-refractivity contribution >= 4 is 46.4 Å². The van der Waals surface area contributed by atoms with Crippen molar-refractivity contribution in [3.8, 4) is 5.75 Å². The maximum atomic E-state index is 12.0. The van der Waals surface area contributed by atoms with Gasteiger partial charge in [0, 0.05) is 11.6 Å². The zero-order valence-electron chi connectivity index (χ0n) is 13.2. The van der Waals surface area contributed by atoms with E-state index >= 15 is 0 Å². The van der Waals surface area contributed by atoms with Crippen LogP contribution in [0.4, 0.5) is 0 Å². The van der Waals surface area contributed by atoms with Gasteiger partial charge in [-0.25, -0.2) is 5.43 Å². The predicted octanol–water partition coefficient (Wildman–Crippen LogP) is 4.88. The van der Waals surface area contributed by atoms with Crippen LogP contribution in [-0.2, 0) is 11.2 Å². The van der Waals surface area contributed by atoms with Gasteiger partial charge in [-0.2, -0.15) is 5.10 Å². The van der Waals surface area contributed by atoms with Gasteiger partial charge in [-0.15, -0.1) is 0 Å². The van der Waals surface area contributed by atoms with Crippen LogP contribution in [0.5, 0.6) is 5.75 Å². The normalized spacial score (nSPS) is 14.9. The number of nitrogens with one attached hydrogen (secondary N) is 1. The first kappa shape index (κ1) is 18.1. The van der Waals surface area contributed by atoms with Crippen LogP contribution in [0.3, 0.4) is 0 Å². The molecule has 0 saturated carbocycles. The lowest BCUT2D eigenvalue weighted by atomic mass is 9.90. The van der Waals surface area contributed by atoms with Crippen LogP contribution in [0.1, 0.15) is 24.0 Å².